The first kappa shape index (κ1) is 11.1. The van der Waals surface area contributed by atoms with Crippen LogP contribution in [0.3, 0.4) is 0 Å². The molecular weight excluding hydrogens is 212 g/mol. The summed E-state index contributed by atoms with van der Waals surface area (Å²) in [4.78, 5) is 0. The topological polar surface area (TPSA) is 56.5 Å². The van der Waals surface area contributed by atoms with E-state index < -0.39 is 0 Å². The largest absolute Gasteiger partial charge is 0.467 e. The highest BCUT2D eigenvalue weighted by Crippen LogP contribution is 2.40. The normalized spacial score (nSPS) is 35.4. The molecule has 4 nitrogen and oxygen atoms in total. The predicted octanol–water partition coefficient (Wildman–Crippen LogP) is 1.24. The lowest BCUT2D eigenvalue weighted by molar-refractivity contribution is -0.0484. The lowest BCUT2D eigenvalue weighted by Gasteiger charge is -2.36. The highest BCUT2D eigenvalue weighted by atomic mass is 32.1. The van der Waals surface area contributed by atoms with Gasteiger partial charge in [-0.05, 0) is 50.7 Å². The van der Waals surface area contributed by atoms with Gasteiger partial charge in [0.1, 0.15) is 6.10 Å². The molecule has 1 saturated carbocycles. The molecule has 2 rings (SSSR count). The smallest absolute Gasteiger partial charge is 0.271 e. The maximum atomic E-state index is 5.83. The van der Waals surface area contributed by atoms with Crippen LogP contribution in [0.4, 0.5) is 0 Å². The fraction of sp³-hybridized carbons (Fsp3) is 0.900. The highest BCUT2D eigenvalue weighted by molar-refractivity contribution is 7.80. The van der Waals surface area contributed by atoms with Crippen molar-refractivity contribution in [2.24, 2.45) is 5.84 Å². The second-order valence-corrected chi connectivity index (χ2v) is 4.75. The predicted molar refractivity (Wildman–Crippen MR) is 61.2 cm³/mol. The number of hydrazine groups is 1. The molecule has 1 saturated heterocycles. The van der Waals surface area contributed by atoms with Crippen molar-refractivity contribution in [3.63, 3.8) is 0 Å². The Bertz CT molecular complexity index is 232. The minimum Gasteiger partial charge on any atom is -0.467 e. The van der Waals surface area contributed by atoms with Gasteiger partial charge in [0.25, 0.3) is 5.17 Å². The number of ether oxygens (including phenoxy) is 2. The van der Waals surface area contributed by atoms with Gasteiger partial charge in [0.05, 0.1) is 5.60 Å². The highest BCUT2D eigenvalue weighted by Gasteiger charge is 2.39. The average molecular weight is 230 g/mol. The zero-order chi connectivity index (χ0) is 10.7. The summed E-state index contributed by atoms with van der Waals surface area (Å²) in [6.07, 6.45) is 6.83. The van der Waals surface area contributed by atoms with Crippen molar-refractivity contribution in [1.29, 1.82) is 0 Å². The van der Waals surface area contributed by atoms with Gasteiger partial charge in [0, 0.05) is 6.61 Å². The zero-order valence-corrected chi connectivity index (χ0v) is 9.65. The molecule has 2 fully saturated rings. The molecule has 0 aromatic rings. The van der Waals surface area contributed by atoms with Crippen LogP contribution in [0, 0.1) is 0 Å². The minimum atomic E-state index is 0.164. The van der Waals surface area contributed by atoms with Crippen LogP contribution in [-0.2, 0) is 9.47 Å². The van der Waals surface area contributed by atoms with E-state index in [0.29, 0.717) is 5.17 Å². The lowest BCUT2D eigenvalue weighted by atomic mass is 9.81. The van der Waals surface area contributed by atoms with E-state index in [1.54, 1.807) is 0 Å². The van der Waals surface area contributed by atoms with Gasteiger partial charge in [-0.15, -0.1) is 0 Å². The molecule has 1 aliphatic carbocycles. The van der Waals surface area contributed by atoms with Crippen LogP contribution in [-0.4, -0.2) is 23.5 Å². The van der Waals surface area contributed by atoms with Crippen molar-refractivity contribution in [3.05, 3.63) is 0 Å². The van der Waals surface area contributed by atoms with E-state index in [2.05, 4.69) is 5.43 Å². The van der Waals surface area contributed by atoms with Gasteiger partial charge >= 0.3 is 0 Å². The molecule has 2 aliphatic rings. The lowest BCUT2D eigenvalue weighted by Crippen LogP contribution is -2.39. The Labute approximate surface area is 95.5 Å². The maximum absolute atomic E-state index is 5.83. The first-order chi connectivity index (χ1) is 7.24. The third-order valence-electron chi connectivity index (χ3n) is 3.42. The van der Waals surface area contributed by atoms with E-state index in [-0.39, 0.29) is 11.7 Å². The van der Waals surface area contributed by atoms with Crippen molar-refractivity contribution in [2.75, 3.05) is 6.61 Å². The van der Waals surface area contributed by atoms with Crippen LogP contribution < -0.4 is 11.3 Å². The Balaban J connectivity index is 1.79. The second kappa shape index (κ2) is 4.63. The van der Waals surface area contributed by atoms with Gasteiger partial charge in [0.2, 0.25) is 0 Å². The van der Waals surface area contributed by atoms with Crippen molar-refractivity contribution < 1.29 is 9.47 Å². The molecule has 1 heterocycles. The third-order valence-corrected chi connectivity index (χ3v) is 3.63. The van der Waals surface area contributed by atoms with Crippen molar-refractivity contribution >= 4 is 17.4 Å². The number of nitrogens with two attached hydrogens (primary N) is 1. The van der Waals surface area contributed by atoms with Crippen molar-refractivity contribution in [3.8, 4) is 0 Å². The summed E-state index contributed by atoms with van der Waals surface area (Å²) >= 11 is 4.87. The van der Waals surface area contributed by atoms with E-state index >= 15 is 0 Å². The molecule has 0 amide bonds. The van der Waals surface area contributed by atoms with Crippen LogP contribution in [0.1, 0.15) is 38.5 Å². The van der Waals surface area contributed by atoms with Crippen molar-refractivity contribution in [2.45, 2.75) is 50.2 Å². The first-order valence-electron chi connectivity index (χ1n) is 5.55. The first-order valence-corrected chi connectivity index (χ1v) is 5.96. The summed E-state index contributed by atoms with van der Waals surface area (Å²) in [5.41, 5.74) is 2.52. The average Bonchev–Trinajstić information content (AvgIpc) is 2.70. The molecule has 0 aromatic heterocycles. The molecule has 1 spiro atoms. The molecule has 1 aliphatic heterocycles. The second-order valence-electron chi connectivity index (χ2n) is 4.38. The molecule has 15 heavy (non-hydrogen) atoms. The number of hydrogen-bond donors (Lipinski definition) is 2. The van der Waals surface area contributed by atoms with E-state index in [1.165, 1.54) is 12.8 Å². The van der Waals surface area contributed by atoms with Crippen molar-refractivity contribution in [1.82, 2.24) is 5.43 Å². The molecular formula is C10H18N2O2S. The molecule has 5 heteroatoms. The number of nitrogens with one attached hydrogen (secondary N) is 1. The third kappa shape index (κ3) is 2.59. The summed E-state index contributed by atoms with van der Waals surface area (Å²) in [5.74, 6) is 5.16. The maximum Gasteiger partial charge on any atom is 0.271 e. The molecule has 0 unspecified atom stereocenters. The summed E-state index contributed by atoms with van der Waals surface area (Å²) in [5, 5.41) is 0.295. The summed E-state index contributed by atoms with van der Waals surface area (Å²) < 4.78 is 11.3. The van der Waals surface area contributed by atoms with Gasteiger partial charge in [-0.2, -0.15) is 0 Å². The van der Waals surface area contributed by atoms with E-state index in [4.69, 9.17) is 27.5 Å². The Morgan fingerprint density at radius 3 is 2.67 bits per heavy atom. The van der Waals surface area contributed by atoms with Gasteiger partial charge in [-0.3, -0.25) is 5.43 Å². The quantitative estimate of drug-likeness (QED) is 0.403. The SMILES string of the molecule is NNC(=S)OC1CCC2(CCCO2)CC1. The molecule has 0 bridgehead atoms. The fourth-order valence-electron chi connectivity index (χ4n) is 2.57. The molecule has 0 aromatic carbocycles. The summed E-state index contributed by atoms with van der Waals surface area (Å²) in [7, 11) is 0. The molecule has 0 atom stereocenters. The van der Waals surface area contributed by atoms with Gasteiger partial charge < -0.3 is 9.47 Å². The van der Waals surface area contributed by atoms with E-state index in [0.717, 1.165) is 32.3 Å². The summed E-state index contributed by atoms with van der Waals surface area (Å²) in [6.45, 7) is 0.925. The number of hydrogen-bond acceptors (Lipinski definition) is 4. The van der Waals surface area contributed by atoms with E-state index in [9.17, 15) is 0 Å². The van der Waals surface area contributed by atoms with Crippen LogP contribution in [0.2, 0.25) is 0 Å². The molecule has 3 N–H and O–H groups in total. The fourth-order valence-corrected chi connectivity index (χ4v) is 2.71. The van der Waals surface area contributed by atoms with Gasteiger partial charge in [-0.25, -0.2) is 5.84 Å². The van der Waals surface area contributed by atoms with Gasteiger partial charge in [-0.1, -0.05) is 0 Å². The van der Waals surface area contributed by atoms with Crippen LogP contribution in [0.15, 0.2) is 0 Å². The van der Waals surface area contributed by atoms with Crippen LogP contribution in [0.5, 0.6) is 0 Å². The Hall–Kier alpha value is -0.390. The Kier molecular flexibility index (Phi) is 3.43. The standard InChI is InChI=1S/C10H18N2O2S/c11-12-9(15)14-8-2-5-10(6-3-8)4-1-7-13-10/h8H,1-7,11H2,(H,12,15). The van der Waals surface area contributed by atoms with Crippen LogP contribution >= 0.6 is 12.2 Å². The Morgan fingerprint density at radius 1 is 1.40 bits per heavy atom. The number of rotatable bonds is 1. The Morgan fingerprint density at radius 2 is 2.13 bits per heavy atom. The zero-order valence-electron chi connectivity index (χ0n) is 8.83. The van der Waals surface area contributed by atoms with Gasteiger partial charge in [0.15, 0.2) is 0 Å². The summed E-state index contributed by atoms with van der Waals surface area (Å²) in [6, 6.07) is 0. The monoisotopic (exact) mass is 230 g/mol. The molecule has 0 radical (unpaired) electrons. The number of thiocarbonyl (C=S) groups is 1. The molecule has 86 valence electrons. The van der Waals surface area contributed by atoms with Crippen LogP contribution in [0.25, 0.3) is 0 Å². The van der Waals surface area contributed by atoms with E-state index in [1.807, 2.05) is 0 Å². The minimum absolute atomic E-state index is 0.164.